The van der Waals surface area contributed by atoms with Gasteiger partial charge in [-0.05, 0) is 89.9 Å². The Hall–Kier alpha value is -3.15. The zero-order valence-electron chi connectivity index (χ0n) is 52.6. The van der Waals surface area contributed by atoms with Crippen molar-refractivity contribution in [3.05, 3.63) is 72.9 Å². The molecule has 1 atom stereocenters. The zero-order chi connectivity index (χ0) is 57.1. The SMILES string of the molecule is CC/C=C\C/C=C\C/C=C\C/C=C\CCCCCCCCCCC(=O)OC(COC(=O)CCCCCCC/C=C\C/C=C\CCCCCC)COC(=O)CCCCCCCCCCCCCCCCCCCCCCCCCC. The van der Waals surface area contributed by atoms with Gasteiger partial charge < -0.3 is 14.2 Å². The number of allylic oxidation sites excluding steroid dienone is 12. The maximum atomic E-state index is 12.9. The van der Waals surface area contributed by atoms with Crippen LogP contribution in [0.15, 0.2) is 72.9 Å². The van der Waals surface area contributed by atoms with Crippen LogP contribution in [0.2, 0.25) is 0 Å². The summed E-state index contributed by atoms with van der Waals surface area (Å²) >= 11 is 0. The number of hydrogen-bond acceptors (Lipinski definition) is 6. The van der Waals surface area contributed by atoms with Gasteiger partial charge in [0.2, 0.25) is 0 Å². The van der Waals surface area contributed by atoms with Crippen molar-refractivity contribution in [3.8, 4) is 0 Å². The highest BCUT2D eigenvalue weighted by Gasteiger charge is 2.19. The minimum atomic E-state index is -0.786. The van der Waals surface area contributed by atoms with E-state index in [0.717, 1.165) is 109 Å². The molecule has 0 radical (unpaired) electrons. The van der Waals surface area contributed by atoms with Gasteiger partial charge in [0.05, 0.1) is 0 Å². The minimum absolute atomic E-state index is 0.0800. The molecule has 1 unspecified atom stereocenters. The molecule has 0 aliphatic carbocycles. The standard InChI is InChI=1S/C73H130O6/c1-4-7-10-13-16-19-22-25-28-31-33-35-36-37-39-40-42-45-48-51-54-57-60-63-66-72(75)78-69-70(68-77-71(74)65-62-59-56-53-50-47-44-30-27-24-21-18-15-12-9-6-3)79-73(76)67-64-61-58-55-52-49-46-43-41-38-34-32-29-26-23-20-17-14-11-8-5-2/h8,11,17,20-21,24,26,29-30,34,38,44,70H,4-7,9-10,12-16,18-19,22-23,25,27-28,31-33,35-37,39-43,45-69H2,1-3H3/b11-8-,20-17-,24-21-,29-26-,38-34-,44-30-. The summed E-state index contributed by atoms with van der Waals surface area (Å²) in [7, 11) is 0. The van der Waals surface area contributed by atoms with E-state index in [9.17, 15) is 14.4 Å². The predicted molar refractivity (Wildman–Crippen MR) is 344 cm³/mol. The van der Waals surface area contributed by atoms with Gasteiger partial charge >= 0.3 is 17.9 Å². The van der Waals surface area contributed by atoms with Crippen LogP contribution in [0.1, 0.15) is 355 Å². The molecule has 0 saturated carbocycles. The number of hydrogen-bond donors (Lipinski definition) is 0. The first-order chi connectivity index (χ1) is 39.0. The Kier molecular flexibility index (Phi) is 64.7. The van der Waals surface area contributed by atoms with Crippen LogP contribution in [0.4, 0.5) is 0 Å². The van der Waals surface area contributed by atoms with Crippen molar-refractivity contribution in [2.75, 3.05) is 13.2 Å². The van der Waals surface area contributed by atoms with E-state index in [2.05, 4.69) is 93.7 Å². The molecule has 0 aromatic carbocycles. The van der Waals surface area contributed by atoms with Crippen LogP contribution in [-0.4, -0.2) is 37.2 Å². The van der Waals surface area contributed by atoms with Crippen LogP contribution in [-0.2, 0) is 28.6 Å². The molecule has 0 aliphatic rings. The number of unbranched alkanes of at least 4 members (excludes halogenated alkanes) is 40. The lowest BCUT2D eigenvalue weighted by atomic mass is 10.0. The lowest BCUT2D eigenvalue weighted by molar-refractivity contribution is -0.167. The molecule has 0 aromatic heterocycles. The molecule has 79 heavy (non-hydrogen) atoms. The van der Waals surface area contributed by atoms with Gasteiger partial charge in [0, 0.05) is 19.3 Å². The molecule has 0 fully saturated rings. The van der Waals surface area contributed by atoms with Crippen molar-refractivity contribution >= 4 is 17.9 Å². The molecule has 6 nitrogen and oxygen atoms in total. The van der Waals surface area contributed by atoms with E-state index in [0.29, 0.717) is 19.3 Å². The van der Waals surface area contributed by atoms with E-state index >= 15 is 0 Å². The fraction of sp³-hybridized carbons (Fsp3) is 0.795. The summed E-state index contributed by atoms with van der Waals surface area (Å²) < 4.78 is 17.0. The second-order valence-corrected chi connectivity index (χ2v) is 23.1. The van der Waals surface area contributed by atoms with Crippen molar-refractivity contribution in [2.45, 2.75) is 361 Å². The molecule has 0 aromatic rings. The first-order valence-electron chi connectivity index (χ1n) is 34.4. The molecule has 0 N–H and O–H groups in total. The summed E-state index contributed by atoms with van der Waals surface area (Å²) in [6, 6.07) is 0. The highest BCUT2D eigenvalue weighted by molar-refractivity contribution is 5.71. The first-order valence-corrected chi connectivity index (χ1v) is 34.4. The Balaban J connectivity index is 4.33. The summed E-state index contributed by atoms with van der Waals surface area (Å²) in [5.74, 6) is -0.882. The maximum Gasteiger partial charge on any atom is 0.306 e. The fourth-order valence-corrected chi connectivity index (χ4v) is 10.1. The van der Waals surface area contributed by atoms with E-state index in [1.807, 2.05) is 0 Å². The molecule has 0 aliphatic heterocycles. The highest BCUT2D eigenvalue weighted by atomic mass is 16.6. The average Bonchev–Trinajstić information content (AvgIpc) is 3.45. The molecule has 0 rings (SSSR count). The van der Waals surface area contributed by atoms with Crippen molar-refractivity contribution in [1.29, 1.82) is 0 Å². The Bertz CT molecular complexity index is 1450. The Morgan fingerprint density at radius 3 is 0.785 bits per heavy atom. The minimum Gasteiger partial charge on any atom is -0.462 e. The lowest BCUT2D eigenvalue weighted by Gasteiger charge is -2.18. The third-order valence-corrected chi connectivity index (χ3v) is 15.2. The molecule has 0 bridgehead atoms. The lowest BCUT2D eigenvalue weighted by Crippen LogP contribution is -2.30. The monoisotopic (exact) mass is 1100 g/mol. The Morgan fingerprint density at radius 1 is 0.266 bits per heavy atom. The number of esters is 3. The molecular weight excluding hydrogens is 973 g/mol. The van der Waals surface area contributed by atoms with Crippen LogP contribution in [0.5, 0.6) is 0 Å². The summed E-state index contributed by atoms with van der Waals surface area (Å²) in [5.41, 5.74) is 0. The van der Waals surface area contributed by atoms with E-state index in [1.54, 1.807) is 0 Å². The zero-order valence-corrected chi connectivity index (χ0v) is 52.6. The van der Waals surface area contributed by atoms with E-state index in [4.69, 9.17) is 14.2 Å². The Morgan fingerprint density at radius 2 is 0.494 bits per heavy atom. The van der Waals surface area contributed by atoms with Gasteiger partial charge in [-0.15, -0.1) is 0 Å². The normalized spacial score (nSPS) is 12.5. The smallest absolute Gasteiger partial charge is 0.306 e. The topological polar surface area (TPSA) is 78.9 Å². The second kappa shape index (κ2) is 67.4. The van der Waals surface area contributed by atoms with Gasteiger partial charge in [-0.25, -0.2) is 0 Å². The highest BCUT2D eigenvalue weighted by Crippen LogP contribution is 2.18. The van der Waals surface area contributed by atoms with Crippen LogP contribution >= 0.6 is 0 Å². The fourth-order valence-electron chi connectivity index (χ4n) is 10.1. The summed E-state index contributed by atoms with van der Waals surface area (Å²) in [4.78, 5) is 38.4. The average molecular weight is 1100 g/mol. The third-order valence-electron chi connectivity index (χ3n) is 15.2. The quantitative estimate of drug-likeness (QED) is 0.0261. The molecular formula is C73H130O6. The number of rotatable bonds is 63. The third kappa shape index (κ3) is 65.5. The van der Waals surface area contributed by atoms with Crippen molar-refractivity contribution in [2.24, 2.45) is 0 Å². The molecule has 6 heteroatoms. The van der Waals surface area contributed by atoms with Gasteiger partial charge in [-0.3, -0.25) is 14.4 Å². The molecule has 0 spiro atoms. The van der Waals surface area contributed by atoms with Gasteiger partial charge in [0.1, 0.15) is 13.2 Å². The largest absolute Gasteiger partial charge is 0.462 e. The van der Waals surface area contributed by atoms with Gasteiger partial charge in [0.15, 0.2) is 6.10 Å². The van der Waals surface area contributed by atoms with E-state index in [1.165, 1.54) is 205 Å². The maximum absolute atomic E-state index is 12.9. The second-order valence-electron chi connectivity index (χ2n) is 23.1. The van der Waals surface area contributed by atoms with E-state index in [-0.39, 0.29) is 31.1 Å². The molecule has 0 saturated heterocycles. The van der Waals surface area contributed by atoms with Crippen LogP contribution < -0.4 is 0 Å². The van der Waals surface area contributed by atoms with Crippen LogP contribution in [0, 0.1) is 0 Å². The van der Waals surface area contributed by atoms with Gasteiger partial charge in [-0.2, -0.15) is 0 Å². The van der Waals surface area contributed by atoms with Crippen molar-refractivity contribution in [3.63, 3.8) is 0 Å². The number of ether oxygens (including phenoxy) is 3. The van der Waals surface area contributed by atoms with Crippen LogP contribution in [0.25, 0.3) is 0 Å². The summed E-state index contributed by atoms with van der Waals surface area (Å²) in [5, 5.41) is 0. The van der Waals surface area contributed by atoms with Crippen LogP contribution in [0.3, 0.4) is 0 Å². The molecule has 458 valence electrons. The first kappa shape index (κ1) is 75.8. The predicted octanol–water partition coefficient (Wildman–Crippen LogP) is 23.7. The van der Waals surface area contributed by atoms with Gasteiger partial charge in [0.25, 0.3) is 0 Å². The number of carbonyl (C=O) groups is 3. The molecule has 0 amide bonds. The molecule has 0 heterocycles. The van der Waals surface area contributed by atoms with Crippen molar-refractivity contribution in [1.82, 2.24) is 0 Å². The van der Waals surface area contributed by atoms with E-state index < -0.39 is 6.10 Å². The van der Waals surface area contributed by atoms with Gasteiger partial charge in [-0.1, -0.05) is 318 Å². The Labute approximate surface area is 491 Å². The summed E-state index contributed by atoms with van der Waals surface area (Å²) in [6.07, 6.45) is 87.8. The van der Waals surface area contributed by atoms with Crippen molar-refractivity contribution < 1.29 is 28.6 Å². The summed E-state index contributed by atoms with van der Waals surface area (Å²) in [6.45, 7) is 6.55. The number of carbonyl (C=O) groups excluding carboxylic acids is 3.